The summed E-state index contributed by atoms with van der Waals surface area (Å²) in [4.78, 5) is 32.2. The van der Waals surface area contributed by atoms with E-state index in [1.54, 1.807) is 22.0 Å². The Bertz CT molecular complexity index is 900. The number of thioether (sulfide) groups is 1. The van der Waals surface area contributed by atoms with E-state index in [0.717, 1.165) is 29.5 Å². The van der Waals surface area contributed by atoms with Gasteiger partial charge in [0.05, 0.1) is 10.6 Å². The van der Waals surface area contributed by atoms with Crippen LogP contribution in [0.1, 0.15) is 37.6 Å². The van der Waals surface area contributed by atoms with Gasteiger partial charge in [-0.3, -0.25) is 14.2 Å². The molecule has 140 valence electrons. The van der Waals surface area contributed by atoms with Crippen LogP contribution in [0, 0.1) is 5.92 Å². The smallest absolute Gasteiger partial charge is 0.263 e. The minimum atomic E-state index is -0.327. The zero-order valence-corrected chi connectivity index (χ0v) is 17.1. The number of aryl methyl sites for hydroxylation is 1. The van der Waals surface area contributed by atoms with Crippen LogP contribution in [0.25, 0.3) is 10.2 Å². The average Bonchev–Trinajstić information content (AvgIpc) is 2.97. The highest BCUT2D eigenvalue weighted by atomic mass is 32.2. The number of nitrogens with zero attached hydrogens (tertiary/aromatic N) is 2. The second-order valence-electron chi connectivity index (χ2n) is 6.77. The molecule has 0 aromatic carbocycles. The maximum absolute atomic E-state index is 13.1. The summed E-state index contributed by atoms with van der Waals surface area (Å²) in [6.07, 6.45) is 4.77. The van der Waals surface area contributed by atoms with Gasteiger partial charge in [0.15, 0.2) is 5.16 Å². The van der Waals surface area contributed by atoms with E-state index in [1.165, 1.54) is 22.2 Å². The molecule has 1 aliphatic carbocycles. The molecule has 2 heterocycles. The normalized spacial score (nSPS) is 17.7. The fraction of sp³-hybridized carbons (Fsp3) is 0.526. The molecule has 0 unspecified atom stereocenters. The van der Waals surface area contributed by atoms with Crippen LogP contribution in [0.2, 0.25) is 0 Å². The van der Waals surface area contributed by atoms with Crippen molar-refractivity contribution in [1.82, 2.24) is 14.9 Å². The summed E-state index contributed by atoms with van der Waals surface area (Å²) in [6, 6.07) is 0. The van der Waals surface area contributed by atoms with Crippen molar-refractivity contribution in [3.05, 3.63) is 33.4 Å². The molecular formula is C19H25N3O2S2. The number of rotatable bonds is 6. The molecule has 5 nitrogen and oxygen atoms in total. The highest BCUT2D eigenvalue weighted by molar-refractivity contribution is 8.00. The molecule has 1 amide bonds. The van der Waals surface area contributed by atoms with Crippen molar-refractivity contribution < 1.29 is 4.79 Å². The van der Waals surface area contributed by atoms with E-state index in [-0.39, 0.29) is 16.7 Å². The van der Waals surface area contributed by atoms with Gasteiger partial charge < -0.3 is 5.32 Å². The number of carbonyl (C=O) groups is 1. The molecule has 7 heteroatoms. The standard InChI is InChI=1S/C19H25N3O2S2/c1-5-9-20-16(23)12(4)25-19-21-17-15(18(24)22(19)6-2)13-8-7-11(3)10-14(13)26-17/h5,11-12H,1,6-10H2,2-4H3,(H,20,23)/t11-,12+/m0/s1. The highest BCUT2D eigenvalue weighted by Gasteiger charge is 2.25. The molecule has 0 radical (unpaired) electrons. The van der Waals surface area contributed by atoms with Crippen molar-refractivity contribution in [2.24, 2.45) is 5.92 Å². The Hall–Kier alpha value is -1.60. The number of nitrogens with one attached hydrogen (secondary N) is 1. The monoisotopic (exact) mass is 391 g/mol. The van der Waals surface area contributed by atoms with Crippen LogP contribution in [-0.4, -0.2) is 27.3 Å². The first kappa shape index (κ1) is 19.2. The van der Waals surface area contributed by atoms with Crippen LogP contribution in [0.15, 0.2) is 22.6 Å². The lowest BCUT2D eigenvalue weighted by molar-refractivity contribution is -0.120. The first-order valence-corrected chi connectivity index (χ1v) is 10.8. The molecule has 0 spiro atoms. The fourth-order valence-corrected chi connectivity index (χ4v) is 5.72. The van der Waals surface area contributed by atoms with Crippen molar-refractivity contribution in [1.29, 1.82) is 0 Å². The number of hydrogen-bond acceptors (Lipinski definition) is 5. The molecule has 3 rings (SSSR count). The van der Waals surface area contributed by atoms with E-state index in [0.29, 0.717) is 24.2 Å². The second-order valence-corrected chi connectivity index (χ2v) is 9.16. The highest BCUT2D eigenvalue weighted by Crippen LogP contribution is 2.36. The van der Waals surface area contributed by atoms with Crippen LogP contribution >= 0.6 is 23.1 Å². The number of fused-ring (bicyclic) bond motifs is 3. The summed E-state index contributed by atoms with van der Waals surface area (Å²) in [5, 5.41) is 3.89. The lowest BCUT2D eigenvalue weighted by Gasteiger charge is -2.18. The number of carbonyl (C=O) groups excluding carboxylic acids is 1. The predicted octanol–water partition coefficient (Wildman–Crippen LogP) is 3.39. The first-order valence-electron chi connectivity index (χ1n) is 9.06. The van der Waals surface area contributed by atoms with Gasteiger partial charge in [0.2, 0.25) is 5.91 Å². The van der Waals surface area contributed by atoms with Crippen LogP contribution in [0.4, 0.5) is 0 Å². The van der Waals surface area contributed by atoms with E-state index in [9.17, 15) is 9.59 Å². The van der Waals surface area contributed by atoms with E-state index < -0.39 is 0 Å². The maximum atomic E-state index is 13.1. The van der Waals surface area contributed by atoms with Crippen molar-refractivity contribution in [3.8, 4) is 0 Å². The Morgan fingerprint density at radius 2 is 2.35 bits per heavy atom. The summed E-state index contributed by atoms with van der Waals surface area (Å²) >= 11 is 2.99. The number of aromatic nitrogens is 2. The fourth-order valence-electron chi connectivity index (χ4n) is 3.30. The summed E-state index contributed by atoms with van der Waals surface area (Å²) in [5.41, 5.74) is 1.24. The van der Waals surface area contributed by atoms with Crippen molar-refractivity contribution in [3.63, 3.8) is 0 Å². The average molecular weight is 392 g/mol. The van der Waals surface area contributed by atoms with Gasteiger partial charge in [-0.2, -0.15) is 0 Å². The minimum absolute atomic E-state index is 0.0331. The minimum Gasteiger partial charge on any atom is -0.352 e. The molecular weight excluding hydrogens is 366 g/mol. The summed E-state index contributed by atoms with van der Waals surface area (Å²) in [7, 11) is 0. The van der Waals surface area contributed by atoms with Gasteiger partial charge in [-0.1, -0.05) is 24.8 Å². The van der Waals surface area contributed by atoms with Crippen molar-refractivity contribution in [2.45, 2.75) is 57.0 Å². The molecule has 26 heavy (non-hydrogen) atoms. The molecule has 0 aliphatic heterocycles. The quantitative estimate of drug-likeness (QED) is 0.466. The molecule has 2 aromatic rings. The van der Waals surface area contributed by atoms with Gasteiger partial charge in [0.1, 0.15) is 4.83 Å². The largest absolute Gasteiger partial charge is 0.352 e. The SMILES string of the molecule is C=CCNC(=O)[C@@H](C)Sc1nc2sc3c(c2c(=O)n1CC)CC[C@H](C)C3. The van der Waals surface area contributed by atoms with Crippen LogP contribution in [0.3, 0.4) is 0 Å². The topological polar surface area (TPSA) is 64.0 Å². The summed E-state index contributed by atoms with van der Waals surface area (Å²) in [6.45, 7) is 10.6. The van der Waals surface area contributed by atoms with Gasteiger partial charge in [-0.25, -0.2) is 4.98 Å². The van der Waals surface area contributed by atoms with E-state index in [4.69, 9.17) is 4.98 Å². The third-order valence-corrected chi connectivity index (χ3v) is 7.01. The Morgan fingerprint density at radius 1 is 1.58 bits per heavy atom. The van der Waals surface area contributed by atoms with Crippen LogP contribution in [0.5, 0.6) is 0 Å². The molecule has 1 N–H and O–H groups in total. The number of thiophene rings is 1. The Balaban J connectivity index is 2.00. The molecule has 1 aliphatic rings. The van der Waals surface area contributed by atoms with Gasteiger partial charge in [-0.05, 0) is 44.6 Å². The van der Waals surface area contributed by atoms with Crippen molar-refractivity contribution in [2.75, 3.05) is 6.54 Å². The van der Waals surface area contributed by atoms with Crippen LogP contribution < -0.4 is 10.9 Å². The van der Waals surface area contributed by atoms with Crippen molar-refractivity contribution >= 4 is 39.2 Å². The van der Waals surface area contributed by atoms with Gasteiger partial charge >= 0.3 is 0 Å². The predicted molar refractivity (Wildman–Crippen MR) is 109 cm³/mol. The Morgan fingerprint density at radius 3 is 3.04 bits per heavy atom. The third kappa shape index (κ3) is 3.60. The number of amides is 1. The molecule has 2 aromatic heterocycles. The summed E-state index contributed by atoms with van der Waals surface area (Å²) in [5.74, 6) is 0.581. The van der Waals surface area contributed by atoms with E-state index in [2.05, 4.69) is 18.8 Å². The first-order chi connectivity index (χ1) is 12.5. The van der Waals surface area contributed by atoms with E-state index >= 15 is 0 Å². The zero-order chi connectivity index (χ0) is 18.8. The lowest BCUT2D eigenvalue weighted by atomic mass is 9.89. The summed E-state index contributed by atoms with van der Waals surface area (Å²) < 4.78 is 1.70. The number of hydrogen-bond donors (Lipinski definition) is 1. The third-order valence-electron chi connectivity index (χ3n) is 4.77. The molecule has 0 saturated heterocycles. The van der Waals surface area contributed by atoms with Gasteiger partial charge in [0.25, 0.3) is 5.56 Å². The van der Waals surface area contributed by atoms with Gasteiger partial charge in [0, 0.05) is 18.0 Å². The lowest BCUT2D eigenvalue weighted by Crippen LogP contribution is -2.32. The molecule has 2 atom stereocenters. The van der Waals surface area contributed by atoms with Gasteiger partial charge in [-0.15, -0.1) is 17.9 Å². The molecule has 0 fully saturated rings. The Kier molecular flexibility index (Phi) is 5.87. The Labute approximate surface area is 161 Å². The second kappa shape index (κ2) is 7.96. The molecule has 0 bridgehead atoms. The zero-order valence-electron chi connectivity index (χ0n) is 15.5. The molecule has 0 saturated carbocycles. The van der Waals surface area contributed by atoms with E-state index in [1.807, 2.05) is 13.8 Å². The van der Waals surface area contributed by atoms with Crippen LogP contribution in [-0.2, 0) is 24.2 Å². The maximum Gasteiger partial charge on any atom is 0.263 e.